The highest BCUT2D eigenvalue weighted by molar-refractivity contribution is 7.87. The molecule has 3 fully saturated rings. The number of hydrogen-bond acceptors (Lipinski definition) is 5. The van der Waals surface area contributed by atoms with E-state index < -0.39 is 16.0 Å². The summed E-state index contributed by atoms with van der Waals surface area (Å²) in [5, 5.41) is 12.2. The van der Waals surface area contributed by atoms with Crippen LogP contribution in [0, 0.1) is 23.1 Å². The number of rotatable bonds is 10. The molecule has 1 aliphatic heterocycles. The van der Waals surface area contributed by atoms with Gasteiger partial charge < -0.3 is 10.2 Å². The van der Waals surface area contributed by atoms with Gasteiger partial charge in [-0.2, -0.15) is 18.4 Å². The van der Waals surface area contributed by atoms with Crippen molar-refractivity contribution in [3.05, 3.63) is 64.4 Å². The number of nitrogens with zero attached hydrogens (tertiary/aromatic N) is 3. The second-order valence-electron chi connectivity index (χ2n) is 11.3. The molecule has 3 N–H and O–H groups in total. The molecule has 0 bridgehead atoms. The molecule has 41 heavy (non-hydrogen) atoms. The van der Waals surface area contributed by atoms with Crippen LogP contribution in [-0.2, 0) is 15.6 Å². The van der Waals surface area contributed by atoms with Gasteiger partial charge in [-0.25, -0.2) is 13.9 Å². The molecule has 0 radical (unpaired) electrons. The number of urea groups is 1. The zero-order chi connectivity index (χ0) is 29.2. The van der Waals surface area contributed by atoms with Gasteiger partial charge in [0.15, 0.2) is 0 Å². The standard InChI is InChI=1S/C29H36ClFN6O3S/c1-2-33-41(39,40)35-24-9-11-36(19-24)12-13-37(28(38)34-23-6-7-27(31)26(30)16-23)25-8-10-29(17-22(29)15-25)21-5-3-4-20(14-21)18-32/h3-7,14,16,22,24-25,33,35H,2,8-13,15,17,19H2,1H3,(H,34,38)/t22?,24?,25-,29-/m1/s1. The summed E-state index contributed by atoms with van der Waals surface area (Å²) in [6.45, 7) is 4.44. The summed E-state index contributed by atoms with van der Waals surface area (Å²) in [6.07, 6.45) is 4.36. The lowest BCUT2D eigenvalue weighted by Crippen LogP contribution is -2.48. The van der Waals surface area contributed by atoms with Crippen LogP contribution in [0.25, 0.3) is 0 Å². The van der Waals surface area contributed by atoms with Crippen molar-refractivity contribution in [3.63, 3.8) is 0 Å². The molecule has 3 aliphatic rings. The van der Waals surface area contributed by atoms with E-state index in [0.717, 1.165) is 32.2 Å². The first-order chi connectivity index (χ1) is 19.6. The molecular weight excluding hydrogens is 567 g/mol. The highest BCUT2D eigenvalue weighted by Crippen LogP contribution is 2.62. The lowest BCUT2D eigenvalue weighted by molar-refractivity contribution is 0.149. The van der Waals surface area contributed by atoms with E-state index in [2.05, 4.69) is 31.8 Å². The van der Waals surface area contributed by atoms with Crippen LogP contribution in [0.15, 0.2) is 42.5 Å². The molecule has 1 saturated heterocycles. The molecule has 220 valence electrons. The van der Waals surface area contributed by atoms with Crippen LogP contribution in [-0.4, -0.2) is 69.1 Å². The number of likely N-dealkylation sites (tertiary alicyclic amines) is 1. The third kappa shape index (κ3) is 6.84. The fourth-order valence-electron chi connectivity index (χ4n) is 6.60. The van der Waals surface area contributed by atoms with Crippen molar-refractivity contribution >= 4 is 33.5 Å². The van der Waals surface area contributed by atoms with Crippen LogP contribution in [0.5, 0.6) is 0 Å². The number of anilines is 1. The first-order valence-electron chi connectivity index (χ1n) is 14.1. The van der Waals surface area contributed by atoms with Crippen LogP contribution in [0.4, 0.5) is 14.9 Å². The van der Waals surface area contributed by atoms with Gasteiger partial charge in [0.2, 0.25) is 0 Å². The summed E-state index contributed by atoms with van der Waals surface area (Å²) in [7, 11) is -3.53. The largest absolute Gasteiger partial charge is 0.322 e. The summed E-state index contributed by atoms with van der Waals surface area (Å²) in [5.41, 5.74) is 2.37. The predicted molar refractivity (Wildman–Crippen MR) is 156 cm³/mol. The molecule has 2 amide bonds. The quantitative estimate of drug-likeness (QED) is 0.377. The minimum absolute atomic E-state index is 0.0244. The summed E-state index contributed by atoms with van der Waals surface area (Å²) in [5.74, 6) is -0.116. The third-order valence-electron chi connectivity index (χ3n) is 8.74. The monoisotopic (exact) mass is 602 g/mol. The molecule has 2 aromatic rings. The Morgan fingerprint density at radius 3 is 2.83 bits per heavy atom. The van der Waals surface area contributed by atoms with Crippen LogP contribution < -0.4 is 14.8 Å². The van der Waals surface area contributed by atoms with E-state index in [4.69, 9.17) is 11.6 Å². The smallest absolute Gasteiger partial charge is 0.320 e. The number of carbonyl (C=O) groups is 1. The maximum Gasteiger partial charge on any atom is 0.322 e. The van der Waals surface area contributed by atoms with Crippen molar-refractivity contribution in [1.82, 2.24) is 19.2 Å². The van der Waals surface area contributed by atoms with Gasteiger partial charge in [0, 0.05) is 44.0 Å². The Morgan fingerprint density at radius 1 is 1.27 bits per heavy atom. The summed E-state index contributed by atoms with van der Waals surface area (Å²) >= 11 is 5.95. The number of nitrogens with one attached hydrogen (secondary N) is 3. The number of carbonyl (C=O) groups excluding carboxylic acids is 1. The zero-order valence-corrected chi connectivity index (χ0v) is 24.6. The molecule has 2 unspecified atom stereocenters. The number of fused-ring (bicyclic) bond motifs is 1. The van der Waals surface area contributed by atoms with Crippen molar-refractivity contribution < 1.29 is 17.6 Å². The molecule has 4 atom stereocenters. The normalized spacial score (nSPS) is 25.8. The first kappa shape index (κ1) is 29.7. The van der Waals surface area contributed by atoms with Crippen LogP contribution in [0.2, 0.25) is 5.02 Å². The van der Waals surface area contributed by atoms with Gasteiger partial charge in [0.05, 0.1) is 16.7 Å². The first-order valence-corrected chi connectivity index (χ1v) is 16.0. The summed E-state index contributed by atoms with van der Waals surface area (Å²) in [4.78, 5) is 17.7. The Kier molecular flexibility index (Phi) is 8.87. The van der Waals surface area contributed by atoms with Crippen molar-refractivity contribution in [1.29, 1.82) is 5.26 Å². The zero-order valence-electron chi connectivity index (χ0n) is 23.1. The number of amides is 2. The van der Waals surface area contributed by atoms with Crippen molar-refractivity contribution in [2.75, 3.05) is 38.0 Å². The van der Waals surface area contributed by atoms with Gasteiger partial charge >= 0.3 is 6.03 Å². The Bertz CT molecular complexity index is 1440. The van der Waals surface area contributed by atoms with E-state index in [1.54, 1.807) is 6.92 Å². The van der Waals surface area contributed by atoms with E-state index in [0.29, 0.717) is 49.8 Å². The molecule has 2 aliphatic carbocycles. The van der Waals surface area contributed by atoms with Crippen molar-refractivity contribution in [2.45, 2.75) is 56.5 Å². The van der Waals surface area contributed by atoms with E-state index in [1.165, 1.54) is 23.8 Å². The fraction of sp³-hybridized carbons (Fsp3) is 0.517. The van der Waals surface area contributed by atoms with Crippen LogP contribution in [0.3, 0.4) is 0 Å². The Balaban J connectivity index is 1.26. The van der Waals surface area contributed by atoms with Gasteiger partial charge in [0.1, 0.15) is 5.82 Å². The van der Waals surface area contributed by atoms with Gasteiger partial charge in [-0.1, -0.05) is 30.7 Å². The van der Waals surface area contributed by atoms with Crippen LogP contribution in [0.1, 0.15) is 50.2 Å². The molecule has 2 aromatic carbocycles. The van der Waals surface area contributed by atoms with Gasteiger partial charge in [-0.3, -0.25) is 4.90 Å². The Morgan fingerprint density at radius 2 is 2.10 bits per heavy atom. The maximum absolute atomic E-state index is 13.7. The van der Waals surface area contributed by atoms with E-state index in [9.17, 15) is 22.9 Å². The number of hydrogen-bond donors (Lipinski definition) is 3. The number of nitriles is 1. The lowest BCUT2D eigenvalue weighted by atomic mass is 9.80. The van der Waals surface area contributed by atoms with Crippen molar-refractivity contribution in [2.24, 2.45) is 5.92 Å². The highest BCUT2D eigenvalue weighted by Gasteiger charge is 2.58. The maximum atomic E-state index is 13.7. The lowest BCUT2D eigenvalue weighted by Gasteiger charge is -2.37. The topological polar surface area (TPSA) is 118 Å². The molecule has 2 saturated carbocycles. The third-order valence-corrected chi connectivity index (χ3v) is 10.3. The second kappa shape index (κ2) is 12.2. The minimum atomic E-state index is -3.53. The average molecular weight is 603 g/mol. The second-order valence-corrected chi connectivity index (χ2v) is 13.3. The SMILES string of the molecule is CCNS(=O)(=O)NC1CCN(CCN(C(=O)Nc2ccc(F)c(Cl)c2)[C@@H]2CC[C@]3(c4cccc(C#N)c4)CC3C2)C1. The molecule has 12 heteroatoms. The molecular formula is C29H36ClFN6O3S. The molecule has 0 aromatic heterocycles. The van der Waals surface area contributed by atoms with E-state index in [-0.39, 0.29) is 28.6 Å². The highest BCUT2D eigenvalue weighted by atomic mass is 35.5. The Labute approximate surface area is 246 Å². The van der Waals surface area contributed by atoms with E-state index in [1.807, 2.05) is 23.1 Å². The van der Waals surface area contributed by atoms with Gasteiger partial charge in [-0.05, 0) is 85.9 Å². The predicted octanol–water partition coefficient (Wildman–Crippen LogP) is 4.21. The Hall–Kier alpha value is -2.75. The minimum Gasteiger partial charge on any atom is -0.320 e. The summed E-state index contributed by atoms with van der Waals surface area (Å²) in [6, 6.07) is 13.8. The molecule has 9 nitrogen and oxygen atoms in total. The van der Waals surface area contributed by atoms with Gasteiger partial charge in [-0.15, -0.1) is 0 Å². The van der Waals surface area contributed by atoms with Crippen LogP contribution >= 0.6 is 11.6 Å². The number of benzene rings is 2. The fourth-order valence-corrected chi connectivity index (χ4v) is 7.87. The van der Waals surface area contributed by atoms with Crippen molar-refractivity contribution in [3.8, 4) is 6.07 Å². The number of halogens is 2. The molecule has 5 rings (SSSR count). The summed E-state index contributed by atoms with van der Waals surface area (Å²) < 4.78 is 43.1. The van der Waals surface area contributed by atoms with E-state index >= 15 is 0 Å². The molecule has 1 heterocycles. The van der Waals surface area contributed by atoms with Gasteiger partial charge in [0.25, 0.3) is 10.2 Å². The average Bonchev–Trinajstić information content (AvgIpc) is 3.53. The molecule has 0 spiro atoms.